The highest BCUT2D eigenvalue weighted by Crippen LogP contribution is 2.25. The highest BCUT2D eigenvalue weighted by Gasteiger charge is 2.23. The fourth-order valence-electron chi connectivity index (χ4n) is 3.45. The summed E-state index contributed by atoms with van der Waals surface area (Å²) in [5.74, 6) is -0.928. The van der Waals surface area contributed by atoms with Crippen molar-refractivity contribution < 1.29 is 18.3 Å². The lowest BCUT2D eigenvalue weighted by atomic mass is 10.0. The second-order valence-electron chi connectivity index (χ2n) is 8.90. The molecule has 2 aromatic rings. The Kier molecular flexibility index (Phi) is 8.14. The maximum atomic E-state index is 12.8. The molecule has 0 radical (unpaired) electrons. The number of amides is 1. The summed E-state index contributed by atoms with van der Waals surface area (Å²) in [6.07, 6.45) is 10.3. The molecule has 0 bridgehead atoms. The summed E-state index contributed by atoms with van der Waals surface area (Å²) < 4.78 is 30.7. The molecule has 2 aliphatic heterocycles. The van der Waals surface area contributed by atoms with Crippen LogP contribution in [0.1, 0.15) is 57.6 Å². The number of hydrogen-bond acceptors (Lipinski definition) is 5. The van der Waals surface area contributed by atoms with Crippen molar-refractivity contribution in [2.45, 2.75) is 52.1 Å². The van der Waals surface area contributed by atoms with Crippen molar-refractivity contribution in [2.75, 3.05) is 13.1 Å². The zero-order chi connectivity index (χ0) is 23.8. The summed E-state index contributed by atoms with van der Waals surface area (Å²) in [4.78, 5) is 20.9. The summed E-state index contributed by atoms with van der Waals surface area (Å²) in [6.45, 7) is 7.17. The van der Waals surface area contributed by atoms with E-state index in [0.717, 1.165) is 48.9 Å². The van der Waals surface area contributed by atoms with Crippen LogP contribution in [-0.2, 0) is 4.74 Å². The Morgan fingerprint density at radius 1 is 0.970 bits per heavy atom. The number of carbonyl (C=O) groups excluding carboxylic acids is 1. The van der Waals surface area contributed by atoms with E-state index in [-0.39, 0.29) is 6.09 Å². The molecule has 1 amide bonds. The third-order valence-corrected chi connectivity index (χ3v) is 5.02. The number of hydrogen-bond donors (Lipinski definition) is 1. The van der Waals surface area contributed by atoms with Gasteiger partial charge in [-0.2, -0.15) is 8.78 Å². The third-order valence-electron chi connectivity index (χ3n) is 5.02. The number of ether oxygens (including phenoxy) is 1. The Labute approximate surface area is 193 Å². The van der Waals surface area contributed by atoms with E-state index >= 15 is 0 Å². The summed E-state index contributed by atoms with van der Waals surface area (Å²) in [5.41, 5.74) is 3.50. The quantitative estimate of drug-likeness (QED) is 0.601. The number of nitrogens with zero attached hydrogens (tertiary/aromatic N) is 3. The predicted octanol–water partition coefficient (Wildman–Crippen LogP) is 5.54. The predicted molar refractivity (Wildman–Crippen MR) is 124 cm³/mol. The molecule has 33 heavy (non-hydrogen) atoms. The van der Waals surface area contributed by atoms with Gasteiger partial charge in [0.2, 0.25) is 11.9 Å². The van der Waals surface area contributed by atoms with Crippen molar-refractivity contribution in [3.8, 4) is 0 Å². The van der Waals surface area contributed by atoms with Gasteiger partial charge >= 0.3 is 6.09 Å². The smallest absolute Gasteiger partial charge is 0.414 e. The van der Waals surface area contributed by atoms with E-state index in [2.05, 4.69) is 15.3 Å². The van der Waals surface area contributed by atoms with Crippen LogP contribution in [0.2, 0.25) is 0 Å². The van der Waals surface area contributed by atoms with Crippen LogP contribution in [0, 0.1) is 11.9 Å². The van der Waals surface area contributed by atoms with E-state index < -0.39 is 17.5 Å². The standard InChI is InChI=1S/C15H19FN2O2.C10H11FN2/c1-15(2,3)20-14(19)18-8-4-5-12(10-18)11-6-7-13(16)17-9-11;11-10-4-3-9(7-13-10)8-2-1-5-12-6-8/h6-7,9-10H,4-5,8H2,1-3H3;3-4,6-7,12H,1-2,5H2. The van der Waals surface area contributed by atoms with Crippen molar-refractivity contribution in [2.24, 2.45) is 0 Å². The zero-order valence-electron chi connectivity index (χ0n) is 19.3. The van der Waals surface area contributed by atoms with Crippen LogP contribution in [0.25, 0.3) is 11.1 Å². The summed E-state index contributed by atoms with van der Waals surface area (Å²) >= 11 is 0. The summed E-state index contributed by atoms with van der Waals surface area (Å²) in [5, 5.41) is 3.16. The average Bonchev–Trinajstić information content (AvgIpc) is 2.80. The second kappa shape index (κ2) is 11.0. The number of rotatable bonds is 2. The number of nitrogens with one attached hydrogen (secondary N) is 1. The van der Waals surface area contributed by atoms with Crippen LogP contribution in [0.5, 0.6) is 0 Å². The van der Waals surface area contributed by atoms with Crippen LogP contribution in [0.15, 0.2) is 49.1 Å². The van der Waals surface area contributed by atoms with Gasteiger partial charge in [0.25, 0.3) is 0 Å². The SMILES string of the molecule is CC(C)(C)OC(=O)N1C=C(c2ccc(F)nc2)CCC1.Fc1ccc(C2=CNCCC2)cn1. The lowest BCUT2D eigenvalue weighted by Gasteiger charge is -2.28. The van der Waals surface area contributed by atoms with Crippen LogP contribution < -0.4 is 5.32 Å². The maximum absolute atomic E-state index is 12.8. The molecule has 4 heterocycles. The van der Waals surface area contributed by atoms with Crippen molar-refractivity contribution >= 4 is 17.2 Å². The molecule has 1 N–H and O–H groups in total. The summed E-state index contributed by atoms with van der Waals surface area (Å²) in [7, 11) is 0. The molecule has 0 unspecified atom stereocenters. The van der Waals surface area contributed by atoms with E-state index in [1.807, 2.05) is 27.0 Å². The first-order valence-corrected chi connectivity index (χ1v) is 11.1. The van der Waals surface area contributed by atoms with Gasteiger partial charge in [-0.25, -0.2) is 14.8 Å². The molecule has 0 fully saturated rings. The number of carbonyl (C=O) groups is 1. The molecule has 0 aliphatic carbocycles. The minimum atomic E-state index is -0.514. The Morgan fingerprint density at radius 2 is 1.58 bits per heavy atom. The van der Waals surface area contributed by atoms with E-state index in [4.69, 9.17) is 4.74 Å². The molecule has 0 aromatic carbocycles. The Hall–Kier alpha value is -3.29. The van der Waals surface area contributed by atoms with Gasteiger partial charge < -0.3 is 10.1 Å². The van der Waals surface area contributed by atoms with Gasteiger partial charge in [0.1, 0.15) is 5.60 Å². The Balaban J connectivity index is 0.000000203. The molecule has 0 atom stereocenters. The Morgan fingerprint density at radius 3 is 2.09 bits per heavy atom. The first-order valence-electron chi connectivity index (χ1n) is 11.1. The molecular formula is C25H30F2N4O2. The van der Waals surface area contributed by atoms with E-state index in [9.17, 15) is 13.6 Å². The normalized spacial score (nSPS) is 16.0. The number of allylic oxidation sites excluding steroid dienone is 2. The minimum absolute atomic E-state index is 0.357. The van der Waals surface area contributed by atoms with Gasteiger partial charge in [0, 0.05) is 37.9 Å². The van der Waals surface area contributed by atoms with E-state index in [1.54, 1.807) is 29.4 Å². The first kappa shape index (κ1) is 24.4. The topological polar surface area (TPSA) is 67.3 Å². The maximum Gasteiger partial charge on any atom is 0.414 e. The lowest BCUT2D eigenvalue weighted by molar-refractivity contribution is 0.0329. The van der Waals surface area contributed by atoms with Gasteiger partial charge in [0.15, 0.2) is 0 Å². The monoisotopic (exact) mass is 456 g/mol. The van der Waals surface area contributed by atoms with Crippen LogP contribution in [0.3, 0.4) is 0 Å². The van der Waals surface area contributed by atoms with Gasteiger partial charge in [-0.15, -0.1) is 0 Å². The second-order valence-corrected chi connectivity index (χ2v) is 8.90. The van der Waals surface area contributed by atoms with Gasteiger partial charge in [0.05, 0.1) is 0 Å². The van der Waals surface area contributed by atoms with E-state index in [1.165, 1.54) is 23.9 Å². The Bertz CT molecular complexity index is 997. The highest BCUT2D eigenvalue weighted by atomic mass is 19.1. The molecule has 0 saturated heterocycles. The fourth-order valence-corrected chi connectivity index (χ4v) is 3.45. The molecule has 0 spiro atoms. The largest absolute Gasteiger partial charge is 0.443 e. The molecule has 8 heteroatoms. The number of halogens is 2. The van der Waals surface area contributed by atoms with Crippen molar-refractivity contribution in [1.82, 2.24) is 20.2 Å². The van der Waals surface area contributed by atoms with E-state index in [0.29, 0.717) is 6.54 Å². The zero-order valence-corrected chi connectivity index (χ0v) is 19.3. The van der Waals surface area contributed by atoms with Gasteiger partial charge in [-0.3, -0.25) is 4.90 Å². The molecule has 0 saturated carbocycles. The minimum Gasteiger partial charge on any atom is -0.443 e. The molecule has 6 nitrogen and oxygen atoms in total. The van der Waals surface area contributed by atoms with Crippen LogP contribution in [0.4, 0.5) is 13.6 Å². The average molecular weight is 457 g/mol. The van der Waals surface area contributed by atoms with Crippen molar-refractivity contribution in [3.63, 3.8) is 0 Å². The van der Waals surface area contributed by atoms with Gasteiger partial charge in [-0.05, 0) is 93.0 Å². The van der Waals surface area contributed by atoms with Gasteiger partial charge in [-0.1, -0.05) is 0 Å². The summed E-state index contributed by atoms with van der Waals surface area (Å²) in [6, 6.07) is 6.15. The molecule has 4 rings (SSSR count). The molecule has 2 aromatic heterocycles. The number of pyridine rings is 2. The third kappa shape index (κ3) is 7.66. The molecule has 176 valence electrons. The number of aromatic nitrogens is 2. The highest BCUT2D eigenvalue weighted by molar-refractivity contribution is 5.74. The van der Waals surface area contributed by atoms with Crippen LogP contribution >= 0.6 is 0 Å². The molecule has 2 aliphatic rings. The van der Waals surface area contributed by atoms with Crippen LogP contribution in [-0.4, -0.2) is 39.7 Å². The fraction of sp³-hybridized carbons (Fsp3) is 0.400. The lowest BCUT2D eigenvalue weighted by Crippen LogP contribution is -2.35. The van der Waals surface area contributed by atoms with Crippen molar-refractivity contribution in [3.05, 3.63) is 72.1 Å². The molecular weight excluding hydrogens is 426 g/mol. The van der Waals surface area contributed by atoms with Crippen molar-refractivity contribution in [1.29, 1.82) is 0 Å². The first-order chi connectivity index (χ1) is 15.7.